The second-order valence-electron chi connectivity index (χ2n) is 7.77. The summed E-state index contributed by atoms with van der Waals surface area (Å²) in [6.07, 6.45) is 3.13. The first-order valence-electron chi connectivity index (χ1n) is 10.5. The fourth-order valence-electron chi connectivity index (χ4n) is 3.43. The lowest BCUT2D eigenvalue weighted by molar-refractivity contribution is -0.122. The van der Waals surface area contributed by atoms with Crippen molar-refractivity contribution in [2.24, 2.45) is 5.92 Å². The topological polar surface area (TPSA) is 99.4 Å². The lowest BCUT2D eigenvalue weighted by atomic mass is 9.95. The van der Waals surface area contributed by atoms with Gasteiger partial charge in [-0.2, -0.15) is 4.98 Å². The molecule has 1 amide bonds. The fourth-order valence-corrected chi connectivity index (χ4v) is 3.43. The lowest BCUT2D eigenvalue weighted by Gasteiger charge is -2.24. The van der Waals surface area contributed by atoms with Crippen LogP contribution in [0.15, 0.2) is 47.1 Å². The Kier molecular flexibility index (Phi) is 6.45. The predicted octanol–water partition coefficient (Wildman–Crippen LogP) is 3.74. The maximum Gasteiger partial charge on any atom is 0.227 e. The third-order valence-corrected chi connectivity index (χ3v) is 5.04. The van der Waals surface area contributed by atoms with E-state index in [-0.39, 0.29) is 24.3 Å². The highest BCUT2D eigenvalue weighted by molar-refractivity contribution is 5.76. The average molecular weight is 422 g/mol. The summed E-state index contributed by atoms with van der Waals surface area (Å²) in [5.74, 6) is 2.42. The van der Waals surface area contributed by atoms with Crippen molar-refractivity contribution in [1.82, 2.24) is 20.4 Å². The van der Waals surface area contributed by atoms with Crippen molar-refractivity contribution in [3.05, 3.63) is 54.0 Å². The summed E-state index contributed by atoms with van der Waals surface area (Å²) in [5.41, 5.74) is 1.62. The highest BCUT2D eigenvalue weighted by Gasteiger charge is 2.21. The van der Waals surface area contributed by atoms with E-state index in [9.17, 15) is 4.79 Å². The molecule has 0 bridgehead atoms. The van der Waals surface area contributed by atoms with Gasteiger partial charge in [0.05, 0.1) is 19.3 Å². The molecule has 162 valence electrons. The van der Waals surface area contributed by atoms with Crippen LogP contribution >= 0.6 is 0 Å². The maximum atomic E-state index is 12.7. The minimum atomic E-state index is -0.142. The number of carbonyl (C=O) groups is 1. The van der Waals surface area contributed by atoms with Crippen LogP contribution in [-0.2, 0) is 11.2 Å². The molecule has 2 aromatic heterocycles. The van der Waals surface area contributed by atoms with E-state index in [1.54, 1.807) is 6.20 Å². The first-order chi connectivity index (χ1) is 15.1. The molecular weight excluding hydrogens is 396 g/mol. The van der Waals surface area contributed by atoms with Gasteiger partial charge in [0.15, 0.2) is 11.5 Å². The summed E-state index contributed by atoms with van der Waals surface area (Å²) >= 11 is 0. The number of pyridine rings is 1. The van der Waals surface area contributed by atoms with E-state index >= 15 is 0 Å². The highest BCUT2D eigenvalue weighted by Crippen LogP contribution is 2.34. The lowest BCUT2D eigenvalue weighted by Crippen LogP contribution is -2.32. The monoisotopic (exact) mass is 422 g/mol. The van der Waals surface area contributed by atoms with Crippen LogP contribution in [-0.4, -0.2) is 34.2 Å². The second kappa shape index (κ2) is 9.59. The van der Waals surface area contributed by atoms with E-state index in [1.165, 1.54) is 0 Å². The van der Waals surface area contributed by atoms with Crippen LogP contribution in [0.5, 0.6) is 11.5 Å². The second-order valence-corrected chi connectivity index (χ2v) is 7.77. The molecule has 0 aliphatic carbocycles. The molecule has 4 rings (SSSR count). The zero-order valence-corrected chi connectivity index (χ0v) is 17.7. The molecule has 1 unspecified atom stereocenters. The Hall–Kier alpha value is -3.42. The summed E-state index contributed by atoms with van der Waals surface area (Å²) in [6.45, 7) is 5.42. The minimum absolute atomic E-state index is 0.0802. The number of aryl methyl sites for hydroxylation is 1. The van der Waals surface area contributed by atoms with Crippen molar-refractivity contribution < 1.29 is 18.8 Å². The molecule has 3 aromatic rings. The number of aromatic nitrogens is 3. The number of benzene rings is 1. The number of rotatable bonds is 7. The molecule has 31 heavy (non-hydrogen) atoms. The van der Waals surface area contributed by atoms with Crippen LogP contribution in [0.1, 0.15) is 44.2 Å². The first kappa shape index (κ1) is 20.8. The standard InChI is InChI=1S/C23H26N4O4/c1-15(2)22(16-7-8-18-19(14-16)30-13-5-12-29-18)25-20(28)9-10-21-26-23(27-31-21)17-6-3-4-11-24-17/h3-4,6-8,11,14-15,22H,5,9-10,12-13H2,1-2H3,(H,25,28). The smallest absolute Gasteiger partial charge is 0.227 e. The Morgan fingerprint density at radius 1 is 1.13 bits per heavy atom. The van der Waals surface area contributed by atoms with Gasteiger partial charge < -0.3 is 19.3 Å². The number of nitrogens with one attached hydrogen (secondary N) is 1. The maximum absolute atomic E-state index is 12.7. The molecule has 1 aliphatic heterocycles. The summed E-state index contributed by atoms with van der Waals surface area (Å²) in [7, 11) is 0. The quantitative estimate of drug-likeness (QED) is 0.619. The Morgan fingerprint density at radius 2 is 1.97 bits per heavy atom. The summed E-state index contributed by atoms with van der Waals surface area (Å²) in [5, 5.41) is 7.07. The van der Waals surface area contributed by atoms with Gasteiger partial charge >= 0.3 is 0 Å². The third kappa shape index (κ3) is 5.20. The van der Waals surface area contributed by atoms with Gasteiger partial charge in [0.25, 0.3) is 0 Å². The molecule has 1 aromatic carbocycles. The van der Waals surface area contributed by atoms with Crippen LogP contribution < -0.4 is 14.8 Å². The van der Waals surface area contributed by atoms with Crippen molar-refractivity contribution in [2.45, 2.75) is 39.2 Å². The van der Waals surface area contributed by atoms with Crippen LogP contribution in [0.4, 0.5) is 0 Å². The largest absolute Gasteiger partial charge is 0.490 e. The number of hydrogen-bond acceptors (Lipinski definition) is 7. The van der Waals surface area contributed by atoms with Crippen LogP contribution in [0, 0.1) is 5.92 Å². The summed E-state index contributed by atoms with van der Waals surface area (Å²) in [4.78, 5) is 21.2. The third-order valence-electron chi connectivity index (χ3n) is 5.04. The molecular formula is C23H26N4O4. The molecule has 0 saturated heterocycles. The molecule has 0 fully saturated rings. The molecule has 1 N–H and O–H groups in total. The van der Waals surface area contributed by atoms with E-state index in [1.807, 2.05) is 36.4 Å². The number of amides is 1. The molecule has 1 atom stereocenters. The number of carbonyl (C=O) groups excluding carboxylic acids is 1. The number of hydrogen-bond donors (Lipinski definition) is 1. The van der Waals surface area contributed by atoms with Gasteiger partial charge in [-0.05, 0) is 35.7 Å². The van der Waals surface area contributed by atoms with E-state index in [4.69, 9.17) is 14.0 Å². The summed E-state index contributed by atoms with van der Waals surface area (Å²) in [6, 6.07) is 11.2. The van der Waals surface area contributed by atoms with Gasteiger partial charge in [0, 0.05) is 25.5 Å². The number of nitrogens with zero attached hydrogens (tertiary/aromatic N) is 3. The van der Waals surface area contributed by atoms with Gasteiger partial charge in [0.2, 0.25) is 17.6 Å². The molecule has 1 aliphatic rings. The Morgan fingerprint density at radius 3 is 2.74 bits per heavy atom. The van der Waals surface area contributed by atoms with Crippen molar-refractivity contribution in [3.63, 3.8) is 0 Å². The van der Waals surface area contributed by atoms with Gasteiger partial charge in [-0.1, -0.05) is 31.1 Å². The average Bonchev–Trinajstić information content (AvgIpc) is 3.14. The SMILES string of the molecule is CC(C)C(NC(=O)CCc1nc(-c2ccccn2)no1)c1ccc2c(c1)OCCCO2. The van der Waals surface area contributed by atoms with E-state index in [2.05, 4.69) is 34.3 Å². The van der Waals surface area contributed by atoms with Crippen molar-refractivity contribution in [3.8, 4) is 23.0 Å². The fraction of sp³-hybridized carbons (Fsp3) is 0.391. The van der Waals surface area contributed by atoms with Gasteiger partial charge in [-0.25, -0.2) is 0 Å². The number of fused-ring (bicyclic) bond motifs is 1. The van der Waals surface area contributed by atoms with Crippen LogP contribution in [0.25, 0.3) is 11.5 Å². The predicted molar refractivity (Wildman–Crippen MR) is 114 cm³/mol. The zero-order valence-electron chi connectivity index (χ0n) is 17.7. The molecule has 8 heteroatoms. The van der Waals surface area contributed by atoms with Gasteiger partial charge in [-0.3, -0.25) is 9.78 Å². The first-order valence-corrected chi connectivity index (χ1v) is 10.5. The highest BCUT2D eigenvalue weighted by atomic mass is 16.5. The van der Waals surface area contributed by atoms with Crippen molar-refractivity contribution in [2.75, 3.05) is 13.2 Å². The Bertz CT molecular complexity index is 1020. The summed E-state index contributed by atoms with van der Waals surface area (Å²) < 4.78 is 16.8. The Labute approximate surface area is 181 Å². The van der Waals surface area contributed by atoms with Crippen molar-refractivity contribution in [1.29, 1.82) is 0 Å². The normalized spacial score (nSPS) is 14.2. The van der Waals surface area contributed by atoms with Crippen LogP contribution in [0.3, 0.4) is 0 Å². The molecule has 3 heterocycles. The van der Waals surface area contributed by atoms with E-state index in [0.717, 1.165) is 23.5 Å². The molecule has 0 spiro atoms. The van der Waals surface area contributed by atoms with Gasteiger partial charge in [0.1, 0.15) is 5.69 Å². The van der Waals surface area contributed by atoms with Gasteiger partial charge in [-0.15, -0.1) is 0 Å². The van der Waals surface area contributed by atoms with Crippen molar-refractivity contribution >= 4 is 5.91 Å². The number of ether oxygens (including phenoxy) is 2. The van der Waals surface area contributed by atoms with Crippen LogP contribution in [0.2, 0.25) is 0 Å². The molecule has 0 saturated carbocycles. The van der Waals surface area contributed by atoms with E-state index < -0.39 is 0 Å². The van der Waals surface area contributed by atoms with E-state index in [0.29, 0.717) is 37.0 Å². The molecule has 8 nitrogen and oxygen atoms in total. The Balaban J connectivity index is 1.38. The molecule has 0 radical (unpaired) electrons. The zero-order chi connectivity index (χ0) is 21.6. The minimum Gasteiger partial charge on any atom is -0.490 e.